The van der Waals surface area contributed by atoms with Gasteiger partial charge in [0.05, 0.1) is 5.69 Å². The van der Waals surface area contributed by atoms with Crippen molar-refractivity contribution in [2.45, 2.75) is 40.3 Å². The molecule has 2 N–H and O–H groups in total. The van der Waals surface area contributed by atoms with Gasteiger partial charge in [-0.3, -0.25) is 0 Å². The van der Waals surface area contributed by atoms with Crippen molar-refractivity contribution in [3.8, 4) is 11.3 Å². The highest BCUT2D eigenvalue weighted by atomic mass is 32.1. The highest BCUT2D eigenvalue weighted by Gasteiger charge is 2.30. The first-order chi connectivity index (χ1) is 9.97. The Balaban J connectivity index is 2.45. The van der Waals surface area contributed by atoms with Gasteiger partial charge in [-0.05, 0) is 12.3 Å². The van der Waals surface area contributed by atoms with Gasteiger partial charge in [0.25, 0.3) is 0 Å². The van der Waals surface area contributed by atoms with Gasteiger partial charge in [0.1, 0.15) is 11.1 Å². The Morgan fingerprint density at radius 3 is 2.43 bits per heavy atom. The molecule has 1 unspecified atom stereocenters. The predicted octanol–water partition coefficient (Wildman–Crippen LogP) is 4.39. The molecule has 0 amide bonds. The zero-order chi connectivity index (χ0) is 15.5. The lowest BCUT2D eigenvalue weighted by molar-refractivity contribution is -0.0133. The topological polar surface area (TPSA) is 48.1 Å². The van der Waals surface area contributed by atoms with Crippen LogP contribution in [0.25, 0.3) is 11.3 Å². The Hall–Kier alpha value is -1.23. The molecule has 21 heavy (non-hydrogen) atoms. The lowest BCUT2D eigenvalue weighted by atomic mass is 9.89. The Bertz CT molecular complexity index is 572. The van der Waals surface area contributed by atoms with Crippen molar-refractivity contribution < 1.29 is 4.74 Å². The van der Waals surface area contributed by atoms with E-state index in [1.807, 2.05) is 25.1 Å². The molecule has 2 rings (SSSR count). The van der Waals surface area contributed by atoms with Gasteiger partial charge >= 0.3 is 0 Å². The molecule has 0 bridgehead atoms. The number of aromatic nitrogens is 1. The third-order valence-electron chi connectivity index (χ3n) is 3.29. The fraction of sp³-hybridized carbons (Fsp3) is 0.471. The van der Waals surface area contributed by atoms with E-state index < -0.39 is 0 Å². The second kappa shape index (κ2) is 6.69. The molecule has 0 saturated carbocycles. The van der Waals surface area contributed by atoms with Gasteiger partial charge in [-0.2, -0.15) is 0 Å². The molecule has 1 atom stereocenters. The molecular weight excluding hydrogens is 280 g/mol. The average molecular weight is 304 g/mol. The van der Waals surface area contributed by atoms with Crippen LogP contribution in [0.3, 0.4) is 0 Å². The van der Waals surface area contributed by atoms with Crippen molar-refractivity contribution in [3.63, 3.8) is 0 Å². The van der Waals surface area contributed by atoms with Gasteiger partial charge in [0, 0.05) is 23.6 Å². The maximum atomic E-state index is 5.95. The van der Waals surface area contributed by atoms with Crippen LogP contribution in [0.2, 0.25) is 0 Å². The molecule has 3 nitrogen and oxygen atoms in total. The van der Waals surface area contributed by atoms with Crippen LogP contribution in [0.1, 0.15) is 43.7 Å². The first-order valence-electron chi connectivity index (χ1n) is 7.34. The van der Waals surface area contributed by atoms with E-state index in [0.717, 1.165) is 21.1 Å². The van der Waals surface area contributed by atoms with Crippen LogP contribution in [0.4, 0.5) is 0 Å². The molecule has 2 aromatic rings. The van der Waals surface area contributed by atoms with Crippen LogP contribution in [0, 0.1) is 5.41 Å². The zero-order valence-corrected chi connectivity index (χ0v) is 14.0. The number of ether oxygens (including phenoxy) is 1. The van der Waals surface area contributed by atoms with Gasteiger partial charge in [0.15, 0.2) is 0 Å². The molecule has 114 valence electrons. The van der Waals surface area contributed by atoms with E-state index in [-0.39, 0.29) is 11.5 Å². The summed E-state index contributed by atoms with van der Waals surface area (Å²) in [4.78, 5) is 5.97. The van der Waals surface area contributed by atoms with Gasteiger partial charge in [-0.25, -0.2) is 4.98 Å². The smallest absolute Gasteiger partial charge is 0.123 e. The summed E-state index contributed by atoms with van der Waals surface area (Å²) in [6.07, 6.45) is -0.00439. The third-order valence-corrected chi connectivity index (χ3v) is 4.41. The predicted molar refractivity (Wildman–Crippen MR) is 89.3 cm³/mol. The van der Waals surface area contributed by atoms with Crippen molar-refractivity contribution in [1.29, 1.82) is 0 Å². The first-order valence-corrected chi connectivity index (χ1v) is 8.15. The van der Waals surface area contributed by atoms with Crippen molar-refractivity contribution in [2.75, 3.05) is 6.61 Å². The van der Waals surface area contributed by atoms with Gasteiger partial charge < -0.3 is 10.5 Å². The van der Waals surface area contributed by atoms with E-state index in [2.05, 4.69) is 32.9 Å². The summed E-state index contributed by atoms with van der Waals surface area (Å²) >= 11 is 1.67. The highest BCUT2D eigenvalue weighted by molar-refractivity contribution is 7.12. The summed E-state index contributed by atoms with van der Waals surface area (Å²) in [7, 11) is 0. The minimum absolute atomic E-state index is 0.00439. The van der Waals surface area contributed by atoms with E-state index in [1.165, 1.54) is 0 Å². The van der Waals surface area contributed by atoms with Crippen molar-refractivity contribution >= 4 is 11.3 Å². The Kier molecular flexibility index (Phi) is 5.14. The van der Waals surface area contributed by atoms with Crippen LogP contribution in [0.15, 0.2) is 30.3 Å². The lowest BCUT2D eigenvalue weighted by Crippen LogP contribution is -2.21. The van der Waals surface area contributed by atoms with Crippen LogP contribution in [-0.4, -0.2) is 11.6 Å². The molecule has 0 fully saturated rings. The van der Waals surface area contributed by atoms with Crippen molar-refractivity contribution in [2.24, 2.45) is 11.1 Å². The van der Waals surface area contributed by atoms with Crippen molar-refractivity contribution in [3.05, 3.63) is 40.2 Å². The van der Waals surface area contributed by atoms with E-state index in [0.29, 0.717) is 13.2 Å². The Morgan fingerprint density at radius 2 is 1.90 bits per heavy atom. The van der Waals surface area contributed by atoms with Gasteiger partial charge in [0.2, 0.25) is 0 Å². The number of nitrogens with two attached hydrogens (primary N) is 1. The fourth-order valence-electron chi connectivity index (χ4n) is 2.30. The second-order valence-electron chi connectivity index (χ2n) is 6.10. The monoisotopic (exact) mass is 304 g/mol. The maximum Gasteiger partial charge on any atom is 0.123 e. The molecule has 1 aromatic carbocycles. The van der Waals surface area contributed by atoms with Gasteiger partial charge in [-0.1, -0.05) is 51.1 Å². The molecule has 1 heterocycles. The Morgan fingerprint density at radius 1 is 1.24 bits per heavy atom. The van der Waals surface area contributed by atoms with Crippen LogP contribution < -0.4 is 5.73 Å². The molecule has 4 heteroatoms. The molecular formula is C17H24N2OS. The molecule has 0 radical (unpaired) electrons. The average Bonchev–Trinajstić information content (AvgIpc) is 2.88. The molecule has 1 aromatic heterocycles. The van der Waals surface area contributed by atoms with Crippen LogP contribution >= 0.6 is 11.3 Å². The normalized spacial score (nSPS) is 13.4. The number of benzene rings is 1. The summed E-state index contributed by atoms with van der Waals surface area (Å²) in [5.74, 6) is 0. The number of hydrogen-bond acceptors (Lipinski definition) is 4. The van der Waals surface area contributed by atoms with E-state index in [1.54, 1.807) is 11.3 Å². The largest absolute Gasteiger partial charge is 0.371 e. The molecule has 0 aliphatic carbocycles. The maximum absolute atomic E-state index is 5.95. The minimum Gasteiger partial charge on any atom is -0.371 e. The third kappa shape index (κ3) is 3.70. The summed E-state index contributed by atoms with van der Waals surface area (Å²) < 4.78 is 5.95. The van der Waals surface area contributed by atoms with E-state index in [4.69, 9.17) is 15.5 Å². The van der Waals surface area contributed by atoms with Crippen LogP contribution in [-0.2, 0) is 11.3 Å². The van der Waals surface area contributed by atoms with Crippen molar-refractivity contribution in [1.82, 2.24) is 4.98 Å². The zero-order valence-electron chi connectivity index (χ0n) is 13.2. The second-order valence-corrected chi connectivity index (χ2v) is 7.21. The summed E-state index contributed by atoms with van der Waals surface area (Å²) in [5, 5.41) is 1.02. The SMILES string of the molecule is CCOC(c1nc(-c2ccccc2)c(CN)s1)C(C)(C)C. The number of nitrogens with zero attached hydrogens (tertiary/aromatic N) is 1. The molecule has 0 saturated heterocycles. The lowest BCUT2D eigenvalue weighted by Gasteiger charge is -2.28. The standard InChI is InChI=1S/C17H24N2OS/c1-5-20-15(17(2,3)4)16-19-14(13(11-18)21-16)12-9-7-6-8-10-12/h6-10,15H,5,11,18H2,1-4H3. The van der Waals surface area contributed by atoms with Gasteiger partial charge in [-0.15, -0.1) is 11.3 Å². The van der Waals surface area contributed by atoms with E-state index in [9.17, 15) is 0 Å². The highest BCUT2D eigenvalue weighted by Crippen LogP contribution is 2.40. The number of thiazole rings is 1. The summed E-state index contributed by atoms with van der Waals surface area (Å²) in [5.41, 5.74) is 8.03. The summed E-state index contributed by atoms with van der Waals surface area (Å²) in [6, 6.07) is 10.2. The summed E-state index contributed by atoms with van der Waals surface area (Å²) in [6.45, 7) is 9.75. The quantitative estimate of drug-likeness (QED) is 0.891. The van der Waals surface area contributed by atoms with E-state index >= 15 is 0 Å². The Labute approximate surface area is 131 Å². The molecule has 0 spiro atoms. The molecule has 0 aliphatic heterocycles. The first kappa shape index (κ1) is 16.1. The number of hydrogen-bond donors (Lipinski definition) is 1. The minimum atomic E-state index is -0.00439. The fourth-order valence-corrected chi connectivity index (χ4v) is 3.56. The number of rotatable bonds is 5. The van der Waals surface area contributed by atoms with Crippen LogP contribution in [0.5, 0.6) is 0 Å². The molecule has 0 aliphatic rings.